The fourth-order valence-electron chi connectivity index (χ4n) is 1.42. The minimum atomic E-state index is -0.399. The quantitative estimate of drug-likeness (QED) is 0.397. The molecule has 3 nitrogen and oxygen atoms in total. The Balaban J connectivity index is 2.09. The Bertz CT molecular complexity index is 532. The van der Waals surface area contributed by atoms with Crippen molar-refractivity contribution >= 4 is 18.9 Å². The van der Waals surface area contributed by atoms with Gasteiger partial charge < -0.3 is 8.92 Å². The molecule has 2 rings (SSSR count). The summed E-state index contributed by atoms with van der Waals surface area (Å²) in [4.78, 5) is 11.8. The van der Waals surface area contributed by atoms with Crippen LogP contribution in [0.2, 0.25) is 0 Å². The van der Waals surface area contributed by atoms with Gasteiger partial charge >= 0.3 is 5.97 Å². The minimum absolute atomic E-state index is 0.399. The molecular weight excluding hydrogens is 248 g/mol. The summed E-state index contributed by atoms with van der Waals surface area (Å²) in [5.74, 6) is 0.704. The van der Waals surface area contributed by atoms with Gasteiger partial charge in [0.25, 0.3) is 0 Å². The largest absolute Gasteiger partial charge is 0.429 e. The molecule has 0 atom stereocenters. The number of hydrogen-bond acceptors (Lipinski definition) is 4. The summed E-state index contributed by atoms with van der Waals surface area (Å²) in [5.41, 5.74) is 1.58. The van der Waals surface area contributed by atoms with E-state index in [9.17, 15) is 4.79 Å². The molecule has 0 aliphatic rings. The first kappa shape index (κ1) is 12.5. The molecule has 0 radical (unpaired) electrons. The van der Waals surface area contributed by atoms with E-state index in [0.29, 0.717) is 17.1 Å². The second-order valence-corrected chi connectivity index (χ2v) is 4.00. The number of ether oxygens (including phenoxy) is 1. The highest BCUT2D eigenvalue weighted by atomic mass is 32.1. The molecule has 0 aromatic heterocycles. The van der Waals surface area contributed by atoms with Crippen LogP contribution in [0.15, 0.2) is 48.5 Å². The van der Waals surface area contributed by atoms with Crippen LogP contribution in [0.5, 0.6) is 11.5 Å². The maximum absolute atomic E-state index is 11.8. The van der Waals surface area contributed by atoms with Crippen LogP contribution in [-0.4, -0.2) is 5.97 Å². The zero-order valence-electron chi connectivity index (χ0n) is 9.79. The molecule has 92 valence electrons. The van der Waals surface area contributed by atoms with Crippen LogP contribution in [0.3, 0.4) is 0 Å². The maximum atomic E-state index is 11.8. The lowest BCUT2D eigenvalue weighted by molar-refractivity contribution is 0.0735. The van der Waals surface area contributed by atoms with Crippen molar-refractivity contribution in [2.75, 3.05) is 0 Å². The Morgan fingerprint density at radius 2 is 1.50 bits per heavy atom. The van der Waals surface area contributed by atoms with Crippen molar-refractivity contribution in [3.63, 3.8) is 0 Å². The molecule has 0 heterocycles. The number of carbonyl (C=O) groups excluding carboxylic acids is 1. The number of carbonyl (C=O) groups is 1. The topological polar surface area (TPSA) is 35.5 Å². The lowest BCUT2D eigenvalue weighted by Gasteiger charge is -2.05. The number of thiol groups is 1. The zero-order valence-corrected chi connectivity index (χ0v) is 10.7. The molecule has 4 heteroatoms. The molecule has 0 fully saturated rings. The van der Waals surface area contributed by atoms with Gasteiger partial charge in [-0.25, -0.2) is 4.79 Å². The van der Waals surface area contributed by atoms with E-state index >= 15 is 0 Å². The SMILES string of the molecule is Cc1ccc(OC(=O)c2ccc(OS)cc2)cc1. The van der Waals surface area contributed by atoms with Gasteiger partial charge in [-0.1, -0.05) is 17.7 Å². The Morgan fingerprint density at radius 3 is 2.06 bits per heavy atom. The second kappa shape index (κ2) is 5.60. The summed E-state index contributed by atoms with van der Waals surface area (Å²) in [5, 5.41) is 0. The van der Waals surface area contributed by atoms with Gasteiger partial charge in [0, 0.05) is 12.9 Å². The van der Waals surface area contributed by atoms with Crippen LogP contribution < -0.4 is 8.92 Å². The fourth-order valence-corrected chi connectivity index (χ4v) is 1.55. The van der Waals surface area contributed by atoms with E-state index in [-0.39, 0.29) is 0 Å². The van der Waals surface area contributed by atoms with Crippen molar-refractivity contribution in [3.05, 3.63) is 59.7 Å². The van der Waals surface area contributed by atoms with Gasteiger partial charge in [0.2, 0.25) is 0 Å². The van der Waals surface area contributed by atoms with Gasteiger partial charge in [-0.2, -0.15) is 0 Å². The average Bonchev–Trinajstić information content (AvgIpc) is 2.41. The van der Waals surface area contributed by atoms with Crippen molar-refractivity contribution in [1.29, 1.82) is 0 Å². The predicted octanol–water partition coefficient (Wildman–Crippen LogP) is 3.44. The van der Waals surface area contributed by atoms with Gasteiger partial charge in [0.15, 0.2) is 0 Å². The number of aryl methyl sites for hydroxylation is 1. The third-order valence-corrected chi connectivity index (χ3v) is 2.64. The molecule has 2 aromatic rings. The third kappa shape index (κ3) is 3.05. The lowest BCUT2D eigenvalue weighted by Crippen LogP contribution is -2.08. The zero-order chi connectivity index (χ0) is 13.0. The van der Waals surface area contributed by atoms with E-state index in [2.05, 4.69) is 12.9 Å². The van der Waals surface area contributed by atoms with E-state index < -0.39 is 5.97 Å². The molecule has 0 spiro atoms. The molecule has 0 saturated heterocycles. The molecule has 0 aliphatic carbocycles. The van der Waals surface area contributed by atoms with Crippen LogP contribution in [0.25, 0.3) is 0 Å². The number of esters is 1. The molecular formula is C14H12O3S. The van der Waals surface area contributed by atoms with E-state index in [1.54, 1.807) is 36.4 Å². The summed E-state index contributed by atoms with van der Waals surface area (Å²) in [6.45, 7) is 1.97. The average molecular weight is 260 g/mol. The highest BCUT2D eigenvalue weighted by Gasteiger charge is 2.08. The minimum Gasteiger partial charge on any atom is -0.429 e. The maximum Gasteiger partial charge on any atom is 0.343 e. The van der Waals surface area contributed by atoms with Crippen LogP contribution >= 0.6 is 12.9 Å². The summed E-state index contributed by atoms with van der Waals surface area (Å²) in [6, 6.07) is 13.9. The third-order valence-electron chi connectivity index (χ3n) is 2.43. The lowest BCUT2D eigenvalue weighted by atomic mass is 10.2. The molecule has 0 aliphatic heterocycles. The van der Waals surface area contributed by atoms with Gasteiger partial charge in [-0.3, -0.25) is 0 Å². The van der Waals surface area contributed by atoms with Gasteiger partial charge in [-0.05, 0) is 43.3 Å². The first-order valence-corrected chi connectivity index (χ1v) is 5.76. The van der Waals surface area contributed by atoms with Crippen LogP contribution in [0, 0.1) is 6.92 Å². The molecule has 0 N–H and O–H groups in total. The van der Waals surface area contributed by atoms with Crippen molar-refractivity contribution in [2.45, 2.75) is 6.92 Å². The number of benzene rings is 2. The van der Waals surface area contributed by atoms with Gasteiger partial charge in [0.1, 0.15) is 11.5 Å². The van der Waals surface area contributed by atoms with E-state index in [4.69, 9.17) is 8.92 Å². The molecule has 18 heavy (non-hydrogen) atoms. The Labute approximate surface area is 111 Å². The highest BCUT2D eigenvalue weighted by Crippen LogP contribution is 2.16. The van der Waals surface area contributed by atoms with Crippen LogP contribution in [0.1, 0.15) is 15.9 Å². The predicted molar refractivity (Wildman–Crippen MR) is 72.2 cm³/mol. The summed E-state index contributed by atoms with van der Waals surface area (Å²) in [6.07, 6.45) is 0. The van der Waals surface area contributed by atoms with Crippen LogP contribution in [0.4, 0.5) is 0 Å². The summed E-state index contributed by atoms with van der Waals surface area (Å²) in [7, 11) is 0. The van der Waals surface area contributed by atoms with Gasteiger partial charge in [0.05, 0.1) is 5.56 Å². The number of hydrogen-bond donors (Lipinski definition) is 1. The Morgan fingerprint density at radius 1 is 0.944 bits per heavy atom. The smallest absolute Gasteiger partial charge is 0.343 e. The monoisotopic (exact) mass is 260 g/mol. The first-order chi connectivity index (χ1) is 8.69. The molecule has 0 unspecified atom stereocenters. The Kier molecular flexibility index (Phi) is 3.89. The van der Waals surface area contributed by atoms with Crippen molar-refractivity contribution in [2.24, 2.45) is 0 Å². The molecule has 0 amide bonds. The van der Waals surface area contributed by atoms with Gasteiger partial charge in [-0.15, -0.1) is 0 Å². The van der Waals surface area contributed by atoms with E-state index in [0.717, 1.165) is 5.56 Å². The summed E-state index contributed by atoms with van der Waals surface area (Å²) >= 11 is 3.67. The normalized spacial score (nSPS) is 9.89. The fraction of sp³-hybridized carbons (Fsp3) is 0.0714. The first-order valence-electron chi connectivity index (χ1n) is 5.39. The van der Waals surface area contributed by atoms with Crippen molar-refractivity contribution < 1.29 is 13.7 Å². The van der Waals surface area contributed by atoms with E-state index in [1.807, 2.05) is 19.1 Å². The molecule has 0 bridgehead atoms. The second-order valence-electron chi connectivity index (χ2n) is 3.82. The standard InChI is InChI=1S/C14H12O3S/c1-10-2-6-12(7-3-10)16-14(15)11-4-8-13(17-18)9-5-11/h2-9,18H,1H3. The van der Waals surface area contributed by atoms with Crippen molar-refractivity contribution in [1.82, 2.24) is 0 Å². The summed E-state index contributed by atoms with van der Waals surface area (Å²) < 4.78 is 9.95. The van der Waals surface area contributed by atoms with Crippen LogP contribution in [-0.2, 0) is 0 Å². The molecule has 0 saturated carbocycles. The van der Waals surface area contributed by atoms with Crippen molar-refractivity contribution in [3.8, 4) is 11.5 Å². The van der Waals surface area contributed by atoms with E-state index in [1.165, 1.54) is 0 Å². The Hall–Kier alpha value is -1.94. The highest BCUT2D eigenvalue weighted by molar-refractivity contribution is 7.75. The number of rotatable bonds is 3. The molecule has 2 aromatic carbocycles.